The van der Waals surface area contributed by atoms with Crippen LogP contribution < -0.4 is 21.1 Å². The molecule has 13 heteroatoms. The number of amides is 1. The Morgan fingerprint density at radius 1 is 1.24 bits per heavy atom. The fourth-order valence-electron chi connectivity index (χ4n) is 4.54. The third-order valence-corrected chi connectivity index (χ3v) is 7.91. The van der Waals surface area contributed by atoms with Gasteiger partial charge in [-0.05, 0) is 56.5 Å². The Bertz CT molecular complexity index is 1420. The third kappa shape index (κ3) is 6.72. The molecular formula is C28H30F5N5O2S. The van der Waals surface area contributed by atoms with Crippen LogP contribution in [0.25, 0.3) is 11.3 Å². The molecule has 1 aliphatic rings. The van der Waals surface area contributed by atoms with Crippen molar-refractivity contribution in [1.29, 1.82) is 0 Å². The van der Waals surface area contributed by atoms with Crippen LogP contribution in [0.2, 0.25) is 0 Å². The Morgan fingerprint density at radius 3 is 2.66 bits per heavy atom. The van der Waals surface area contributed by atoms with Crippen molar-refractivity contribution in [2.24, 2.45) is 0 Å². The molecule has 0 saturated carbocycles. The summed E-state index contributed by atoms with van der Waals surface area (Å²) in [7, 11) is 0. The predicted molar refractivity (Wildman–Crippen MR) is 147 cm³/mol. The molecule has 3 heterocycles. The molecule has 4 rings (SSSR count). The number of benzene rings is 1. The van der Waals surface area contributed by atoms with E-state index < -0.39 is 57.9 Å². The lowest BCUT2D eigenvalue weighted by Gasteiger charge is -2.22. The first kappa shape index (κ1) is 30.5. The molecule has 7 nitrogen and oxygen atoms in total. The van der Waals surface area contributed by atoms with Crippen LogP contribution in [0.15, 0.2) is 35.5 Å². The zero-order chi connectivity index (χ0) is 29.9. The van der Waals surface area contributed by atoms with E-state index in [0.29, 0.717) is 31.0 Å². The van der Waals surface area contributed by atoms with Crippen LogP contribution in [0.3, 0.4) is 0 Å². The van der Waals surface area contributed by atoms with Crippen LogP contribution in [0, 0.1) is 18.6 Å². The number of aromatic nitrogens is 2. The van der Waals surface area contributed by atoms with Gasteiger partial charge >= 0.3 is 6.18 Å². The summed E-state index contributed by atoms with van der Waals surface area (Å²) in [5.74, 6) is -3.32. The molecule has 1 unspecified atom stereocenters. The van der Waals surface area contributed by atoms with Gasteiger partial charge in [-0.1, -0.05) is 13.0 Å². The number of nitrogens with one attached hydrogen (secondary N) is 2. The average Bonchev–Trinajstić information content (AvgIpc) is 2.94. The summed E-state index contributed by atoms with van der Waals surface area (Å²) in [5, 5.41) is 6.10. The fraction of sp³-hybridized carbons (Fsp3) is 0.393. The summed E-state index contributed by atoms with van der Waals surface area (Å²) < 4.78 is 79.7. The zero-order valence-electron chi connectivity index (χ0n) is 22.7. The largest absolute Gasteiger partial charge is 0.474 e. The molecular weight excluding hydrogens is 565 g/mol. The lowest BCUT2D eigenvalue weighted by atomic mass is 9.96. The first-order chi connectivity index (χ1) is 19.4. The van der Waals surface area contributed by atoms with E-state index in [9.17, 15) is 22.4 Å². The summed E-state index contributed by atoms with van der Waals surface area (Å²) in [5.41, 5.74) is 1.84. The van der Waals surface area contributed by atoms with Gasteiger partial charge < -0.3 is 21.1 Å². The van der Waals surface area contributed by atoms with Gasteiger partial charge in [0.15, 0.2) is 5.82 Å². The molecule has 220 valence electrons. The van der Waals surface area contributed by atoms with Crippen molar-refractivity contribution in [2.45, 2.75) is 62.6 Å². The zero-order valence-corrected chi connectivity index (χ0v) is 23.5. The Kier molecular flexibility index (Phi) is 9.37. The summed E-state index contributed by atoms with van der Waals surface area (Å²) in [4.78, 5) is 21.4. The van der Waals surface area contributed by atoms with Gasteiger partial charge in [0, 0.05) is 36.3 Å². The summed E-state index contributed by atoms with van der Waals surface area (Å²) in [6, 6.07) is 4.07. The highest BCUT2D eigenvalue weighted by atomic mass is 32.2. The highest BCUT2D eigenvalue weighted by Gasteiger charge is 2.39. The first-order valence-corrected chi connectivity index (χ1v) is 14.0. The van der Waals surface area contributed by atoms with Gasteiger partial charge in [-0.25, -0.2) is 13.8 Å². The van der Waals surface area contributed by atoms with E-state index in [1.807, 2.05) is 6.92 Å². The fourth-order valence-corrected chi connectivity index (χ4v) is 5.57. The molecule has 0 spiro atoms. The molecule has 0 aliphatic carbocycles. The van der Waals surface area contributed by atoms with E-state index in [-0.39, 0.29) is 34.7 Å². The number of pyridine rings is 2. The molecule has 4 N–H and O–H groups in total. The highest BCUT2D eigenvalue weighted by Crippen LogP contribution is 2.45. The second kappa shape index (κ2) is 12.6. The number of hydrogen-bond donors (Lipinski definition) is 3. The molecule has 2 aromatic heterocycles. The minimum Gasteiger partial charge on any atom is -0.474 e. The number of rotatable bonds is 5. The Hall–Kier alpha value is -3.45. The topological polar surface area (TPSA) is 102 Å². The van der Waals surface area contributed by atoms with Crippen molar-refractivity contribution in [3.8, 4) is 17.1 Å². The van der Waals surface area contributed by atoms with E-state index in [1.165, 1.54) is 0 Å². The Morgan fingerprint density at radius 2 is 2.00 bits per heavy atom. The van der Waals surface area contributed by atoms with Crippen molar-refractivity contribution in [2.75, 3.05) is 18.8 Å². The van der Waals surface area contributed by atoms with Crippen LogP contribution in [0.5, 0.6) is 5.88 Å². The maximum Gasteiger partial charge on any atom is 0.417 e. The monoisotopic (exact) mass is 595 g/mol. The number of thioether (sulfide) groups is 1. The van der Waals surface area contributed by atoms with E-state index in [4.69, 9.17) is 10.5 Å². The van der Waals surface area contributed by atoms with Gasteiger partial charge in [0.05, 0.1) is 22.3 Å². The standard InChI is InChI=1S/C28H30F5N5O2S/c1-4-17-12-37-26(39)20-25(41-13-16-6-5-8-35-11-16)23(30)24(38-27(20)40-14(2)7-9-36-17)18-10-19(34)22(29)15(3)21(18)28(31,32)33/h5-6,8,10-11,14,17,36H,4,7,9,12-13,34H2,1-3H3,(H,37,39)/t14-,17?/m0/s1. The minimum atomic E-state index is -5.06. The number of nitrogens with zero attached hydrogens (tertiary/aromatic N) is 2. The minimum absolute atomic E-state index is 0.0595. The molecule has 0 saturated heterocycles. The van der Waals surface area contributed by atoms with Crippen molar-refractivity contribution < 1.29 is 31.5 Å². The van der Waals surface area contributed by atoms with E-state index in [0.717, 1.165) is 18.7 Å². The average molecular weight is 596 g/mol. The first-order valence-electron chi connectivity index (χ1n) is 13.0. The second-order valence-corrected chi connectivity index (χ2v) is 10.7. The molecule has 1 aromatic carbocycles. The quantitative estimate of drug-likeness (QED) is 0.192. The number of halogens is 5. The number of alkyl halides is 3. The number of fused-ring (bicyclic) bond motifs is 1. The molecule has 1 amide bonds. The number of carbonyl (C=O) groups excluding carboxylic acids is 1. The van der Waals surface area contributed by atoms with Gasteiger partial charge in [-0.15, -0.1) is 11.8 Å². The van der Waals surface area contributed by atoms with Crippen molar-refractivity contribution >= 4 is 23.4 Å². The number of anilines is 1. The number of nitrogen functional groups attached to an aromatic ring is 1. The Balaban J connectivity index is 1.98. The molecule has 41 heavy (non-hydrogen) atoms. The summed E-state index contributed by atoms with van der Waals surface area (Å²) in [6.45, 7) is 5.35. The maximum atomic E-state index is 16.4. The summed E-state index contributed by atoms with van der Waals surface area (Å²) >= 11 is 0.895. The lowest BCUT2D eigenvalue weighted by molar-refractivity contribution is -0.137. The van der Waals surface area contributed by atoms with Gasteiger partial charge in [0.1, 0.15) is 17.1 Å². The van der Waals surface area contributed by atoms with Gasteiger partial charge in [0.2, 0.25) is 5.88 Å². The van der Waals surface area contributed by atoms with Crippen molar-refractivity contribution in [3.63, 3.8) is 0 Å². The van der Waals surface area contributed by atoms with Crippen molar-refractivity contribution in [3.05, 3.63) is 64.5 Å². The normalized spacial score (nSPS) is 18.2. The lowest BCUT2D eigenvalue weighted by Crippen LogP contribution is -2.41. The van der Waals surface area contributed by atoms with Crippen LogP contribution >= 0.6 is 11.8 Å². The smallest absolute Gasteiger partial charge is 0.417 e. The van der Waals surface area contributed by atoms with E-state index in [2.05, 4.69) is 20.6 Å². The Labute approximate surface area is 238 Å². The van der Waals surface area contributed by atoms with Gasteiger partial charge in [-0.3, -0.25) is 9.78 Å². The van der Waals surface area contributed by atoms with Gasteiger partial charge in [0.25, 0.3) is 5.91 Å². The number of nitrogens with two attached hydrogens (primary N) is 1. The van der Waals surface area contributed by atoms with Gasteiger partial charge in [-0.2, -0.15) is 13.2 Å². The van der Waals surface area contributed by atoms with E-state index >= 15 is 4.39 Å². The molecule has 0 fully saturated rings. The SMILES string of the molecule is CCC1CNC(=O)c2c(nc(-c3cc(N)c(F)c(C)c3C(F)(F)F)c(F)c2SCc2cccnc2)O[C@@H](C)CCN1. The molecule has 0 bridgehead atoms. The van der Waals surface area contributed by atoms with Crippen LogP contribution in [0.1, 0.15) is 53.7 Å². The van der Waals surface area contributed by atoms with Crippen molar-refractivity contribution in [1.82, 2.24) is 20.6 Å². The van der Waals surface area contributed by atoms with Crippen LogP contribution in [0.4, 0.5) is 27.6 Å². The maximum absolute atomic E-state index is 16.4. The number of carbonyl (C=O) groups is 1. The van der Waals surface area contributed by atoms with Crippen LogP contribution in [-0.2, 0) is 11.9 Å². The van der Waals surface area contributed by atoms with Crippen LogP contribution in [-0.4, -0.2) is 41.1 Å². The summed E-state index contributed by atoms with van der Waals surface area (Å²) in [6.07, 6.45) is -1.29. The highest BCUT2D eigenvalue weighted by molar-refractivity contribution is 7.98. The number of ether oxygens (including phenoxy) is 1. The number of hydrogen-bond acceptors (Lipinski definition) is 7. The molecule has 0 radical (unpaired) electrons. The second-order valence-electron chi connectivity index (χ2n) is 9.75. The molecule has 3 aromatic rings. The van der Waals surface area contributed by atoms with E-state index in [1.54, 1.807) is 31.5 Å². The third-order valence-electron chi connectivity index (χ3n) is 6.76. The molecule has 1 aliphatic heterocycles. The molecule has 2 atom stereocenters. The predicted octanol–water partition coefficient (Wildman–Crippen LogP) is 5.89.